The Morgan fingerprint density at radius 1 is 1.42 bits per heavy atom. The summed E-state index contributed by atoms with van der Waals surface area (Å²) in [6.07, 6.45) is 1.76. The van der Waals surface area contributed by atoms with E-state index < -0.39 is 22.0 Å². The number of nitrogens with one attached hydrogen (secondary N) is 1. The number of nitrogens with zero attached hydrogens (tertiary/aromatic N) is 2. The van der Waals surface area contributed by atoms with Crippen LogP contribution in [0.4, 0.5) is 0 Å². The second-order valence-corrected chi connectivity index (χ2v) is 6.56. The van der Waals surface area contributed by atoms with Crippen LogP contribution in [0, 0.1) is 13.8 Å². The molecule has 1 aliphatic heterocycles. The summed E-state index contributed by atoms with van der Waals surface area (Å²) >= 11 is 0. The number of carboxylic acids is 1. The zero-order valence-electron chi connectivity index (χ0n) is 10.9. The Morgan fingerprint density at radius 3 is 2.63 bits per heavy atom. The van der Waals surface area contributed by atoms with Gasteiger partial charge in [-0.2, -0.15) is 9.40 Å². The Kier molecular flexibility index (Phi) is 3.64. The normalized spacial score (nSPS) is 21.5. The fraction of sp³-hybridized carbons (Fsp3) is 0.636. The Bertz CT molecular complexity index is 574. The molecular formula is C11H17N3O4S. The highest BCUT2D eigenvalue weighted by molar-refractivity contribution is 7.89. The molecule has 2 N–H and O–H groups in total. The molecule has 1 aliphatic rings. The van der Waals surface area contributed by atoms with E-state index in [1.54, 1.807) is 13.8 Å². The van der Waals surface area contributed by atoms with Crippen LogP contribution >= 0.6 is 0 Å². The Balaban J connectivity index is 2.46. The van der Waals surface area contributed by atoms with Crippen molar-refractivity contribution in [2.45, 2.75) is 44.0 Å². The van der Waals surface area contributed by atoms with Crippen molar-refractivity contribution in [3.05, 3.63) is 11.4 Å². The highest BCUT2D eigenvalue weighted by Crippen LogP contribution is 2.28. The number of hydrogen-bond acceptors (Lipinski definition) is 4. The van der Waals surface area contributed by atoms with Crippen molar-refractivity contribution in [3.8, 4) is 0 Å². The van der Waals surface area contributed by atoms with Crippen LogP contribution in [-0.4, -0.2) is 46.6 Å². The number of piperidine rings is 1. The number of carbonyl (C=O) groups is 1. The standard InChI is InChI=1S/C11H17N3O4S/c1-7-10(8(2)13-12-7)19(17,18)14-6-4-3-5-9(14)11(15)16/h9H,3-6H2,1-2H3,(H,12,13)(H,15,16)/t9-/m1/s1. The lowest BCUT2D eigenvalue weighted by molar-refractivity contribution is -0.142. The van der Waals surface area contributed by atoms with E-state index in [2.05, 4.69) is 10.2 Å². The first-order valence-electron chi connectivity index (χ1n) is 6.12. The van der Waals surface area contributed by atoms with Gasteiger partial charge in [0.15, 0.2) is 0 Å². The van der Waals surface area contributed by atoms with E-state index in [9.17, 15) is 18.3 Å². The number of aromatic amines is 1. The molecule has 7 nitrogen and oxygen atoms in total. The van der Waals surface area contributed by atoms with Gasteiger partial charge in [0.2, 0.25) is 10.0 Å². The molecule has 2 heterocycles. The summed E-state index contributed by atoms with van der Waals surface area (Å²) in [6.45, 7) is 3.45. The highest BCUT2D eigenvalue weighted by atomic mass is 32.2. The van der Waals surface area contributed by atoms with E-state index in [4.69, 9.17) is 0 Å². The average molecular weight is 287 g/mol. The molecule has 0 unspecified atom stereocenters. The third kappa shape index (κ3) is 2.37. The van der Waals surface area contributed by atoms with Gasteiger partial charge in [-0.15, -0.1) is 0 Å². The van der Waals surface area contributed by atoms with Crippen LogP contribution in [0.1, 0.15) is 30.7 Å². The third-order valence-corrected chi connectivity index (χ3v) is 5.54. The zero-order valence-corrected chi connectivity index (χ0v) is 11.7. The number of rotatable bonds is 3. The minimum atomic E-state index is -3.82. The molecule has 2 rings (SSSR count). The van der Waals surface area contributed by atoms with Crippen molar-refractivity contribution in [3.63, 3.8) is 0 Å². The summed E-state index contributed by atoms with van der Waals surface area (Å²) in [5, 5.41) is 15.7. The number of aryl methyl sites for hydroxylation is 2. The van der Waals surface area contributed by atoms with Gasteiger partial charge < -0.3 is 5.11 Å². The number of H-pyrrole nitrogens is 1. The molecule has 0 spiro atoms. The second-order valence-electron chi connectivity index (χ2n) is 4.73. The molecule has 8 heteroatoms. The lowest BCUT2D eigenvalue weighted by atomic mass is 10.1. The maximum Gasteiger partial charge on any atom is 0.322 e. The van der Waals surface area contributed by atoms with Crippen molar-refractivity contribution in [1.29, 1.82) is 0 Å². The molecule has 1 atom stereocenters. The van der Waals surface area contributed by atoms with E-state index in [1.165, 1.54) is 0 Å². The van der Waals surface area contributed by atoms with Crippen molar-refractivity contribution < 1.29 is 18.3 Å². The van der Waals surface area contributed by atoms with E-state index in [-0.39, 0.29) is 11.4 Å². The predicted molar refractivity (Wildman–Crippen MR) is 67.2 cm³/mol. The monoisotopic (exact) mass is 287 g/mol. The molecule has 0 amide bonds. The largest absolute Gasteiger partial charge is 0.480 e. The molecule has 0 aliphatic carbocycles. The fourth-order valence-electron chi connectivity index (χ4n) is 2.48. The van der Waals surface area contributed by atoms with Crippen molar-refractivity contribution in [2.75, 3.05) is 6.54 Å². The van der Waals surface area contributed by atoms with E-state index in [0.29, 0.717) is 24.2 Å². The molecule has 1 aromatic rings. The Labute approximate surface area is 111 Å². The van der Waals surface area contributed by atoms with Crippen molar-refractivity contribution in [1.82, 2.24) is 14.5 Å². The topological polar surface area (TPSA) is 103 Å². The quantitative estimate of drug-likeness (QED) is 0.849. The minimum absolute atomic E-state index is 0.0978. The summed E-state index contributed by atoms with van der Waals surface area (Å²) in [5.41, 5.74) is 0.805. The van der Waals surface area contributed by atoms with Gasteiger partial charge >= 0.3 is 5.97 Å². The van der Waals surface area contributed by atoms with Crippen LogP contribution in [0.15, 0.2) is 4.90 Å². The molecule has 19 heavy (non-hydrogen) atoms. The molecule has 0 bridgehead atoms. The summed E-state index contributed by atoms with van der Waals surface area (Å²) in [7, 11) is -3.82. The first kappa shape index (κ1) is 14.0. The Hall–Kier alpha value is -1.41. The molecule has 0 aromatic carbocycles. The molecular weight excluding hydrogens is 270 g/mol. The number of sulfonamides is 1. The number of carboxylic acid groups (broad SMARTS) is 1. The smallest absolute Gasteiger partial charge is 0.322 e. The van der Waals surface area contributed by atoms with Gasteiger partial charge in [0.25, 0.3) is 0 Å². The van der Waals surface area contributed by atoms with Crippen LogP contribution in [-0.2, 0) is 14.8 Å². The van der Waals surface area contributed by atoms with Gasteiger partial charge in [0.1, 0.15) is 10.9 Å². The number of aromatic nitrogens is 2. The maximum absolute atomic E-state index is 12.6. The van der Waals surface area contributed by atoms with Crippen LogP contribution in [0.25, 0.3) is 0 Å². The lowest BCUT2D eigenvalue weighted by Gasteiger charge is -2.31. The minimum Gasteiger partial charge on any atom is -0.480 e. The molecule has 1 saturated heterocycles. The second kappa shape index (κ2) is 4.93. The van der Waals surface area contributed by atoms with Gasteiger partial charge in [-0.05, 0) is 33.1 Å². The average Bonchev–Trinajstić information content (AvgIpc) is 2.69. The van der Waals surface area contributed by atoms with Gasteiger partial charge in [-0.3, -0.25) is 9.89 Å². The Morgan fingerprint density at radius 2 is 2.11 bits per heavy atom. The molecule has 106 valence electrons. The summed E-state index contributed by atoms with van der Waals surface area (Å²) in [5.74, 6) is -1.10. The van der Waals surface area contributed by atoms with Crippen LogP contribution in [0.3, 0.4) is 0 Å². The summed E-state index contributed by atoms with van der Waals surface area (Å²) in [6, 6.07) is -0.979. The van der Waals surface area contributed by atoms with Gasteiger partial charge in [-0.1, -0.05) is 0 Å². The predicted octanol–water partition coefficient (Wildman–Crippen LogP) is 0.654. The first-order valence-corrected chi connectivity index (χ1v) is 7.56. The van der Waals surface area contributed by atoms with Crippen molar-refractivity contribution >= 4 is 16.0 Å². The first-order chi connectivity index (χ1) is 8.85. The van der Waals surface area contributed by atoms with Crippen LogP contribution in [0.5, 0.6) is 0 Å². The summed E-state index contributed by atoms with van der Waals surface area (Å²) in [4.78, 5) is 11.3. The van der Waals surface area contributed by atoms with Gasteiger partial charge in [0.05, 0.1) is 11.4 Å². The molecule has 1 aromatic heterocycles. The summed E-state index contributed by atoms with van der Waals surface area (Å²) < 4.78 is 26.3. The zero-order chi connectivity index (χ0) is 14.2. The van der Waals surface area contributed by atoms with Gasteiger partial charge in [-0.25, -0.2) is 8.42 Å². The fourth-order valence-corrected chi connectivity index (χ4v) is 4.46. The molecule has 0 saturated carbocycles. The third-order valence-electron chi connectivity index (χ3n) is 3.37. The molecule has 0 radical (unpaired) electrons. The SMILES string of the molecule is Cc1n[nH]c(C)c1S(=O)(=O)N1CCCC[C@@H]1C(=O)O. The number of hydrogen-bond donors (Lipinski definition) is 2. The van der Waals surface area contributed by atoms with E-state index in [1.807, 2.05) is 0 Å². The van der Waals surface area contributed by atoms with E-state index in [0.717, 1.165) is 10.7 Å². The van der Waals surface area contributed by atoms with Crippen molar-refractivity contribution in [2.24, 2.45) is 0 Å². The van der Waals surface area contributed by atoms with Crippen LogP contribution in [0.2, 0.25) is 0 Å². The van der Waals surface area contributed by atoms with Gasteiger partial charge in [0, 0.05) is 6.54 Å². The maximum atomic E-state index is 12.6. The lowest BCUT2D eigenvalue weighted by Crippen LogP contribution is -2.48. The number of aliphatic carboxylic acids is 1. The molecule has 1 fully saturated rings. The van der Waals surface area contributed by atoms with E-state index >= 15 is 0 Å². The highest BCUT2D eigenvalue weighted by Gasteiger charge is 2.39. The van der Waals surface area contributed by atoms with Crippen LogP contribution < -0.4 is 0 Å².